The highest BCUT2D eigenvalue weighted by Crippen LogP contribution is 2.46. The van der Waals surface area contributed by atoms with Crippen LogP contribution in [0.5, 0.6) is 0 Å². The van der Waals surface area contributed by atoms with Crippen LogP contribution in [0.25, 0.3) is 73.3 Å². The molecule has 7 aromatic carbocycles. The van der Waals surface area contributed by atoms with Crippen molar-refractivity contribution in [2.45, 2.75) is 26.3 Å². The summed E-state index contributed by atoms with van der Waals surface area (Å²) >= 11 is 3.73. The van der Waals surface area contributed by atoms with Crippen LogP contribution in [0.3, 0.4) is 0 Å². The number of hydrogen-bond acceptors (Lipinski definition) is 3. The minimum absolute atomic E-state index is 0.0491. The van der Waals surface area contributed by atoms with Crippen molar-refractivity contribution in [3.05, 3.63) is 152 Å². The number of nitrogens with zero attached hydrogens (tertiary/aromatic N) is 2. The van der Waals surface area contributed by atoms with Gasteiger partial charge in [-0.05, 0) is 99.1 Å². The van der Waals surface area contributed by atoms with Gasteiger partial charge in [-0.25, -0.2) is 0 Å². The first-order valence-corrected chi connectivity index (χ1v) is 18.8. The molecule has 10 rings (SSSR count). The highest BCUT2D eigenvalue weighted by molar-refractivity contribution is 7.26. The maximum atomic E-state index is 2.49. The van der Waals surface area contributed by atoms with Crippen molar-refractivity contribution >= 4 is 102 Å². The van der Waals surface area contributed by atoms with Gasteiger partial charge in [0.2, 0.25) is 0 Å². The molecule has 3 heterocycles. The van der Waals surface area contributed by atoms with E-state index in [1.165, 1.54) is 73.3 Å². The van der Waals surface area contributed by atoms with Gasteiger partial charge in [0.25, 0.3) is 0 Å². The molecule has 0 spiro atoms. The molecule has 0 saturated carbocycles. The van der Waals surface area contributed by atoms with Gasteiger partial charge in [0.15, 0.2) is 0 Å². The number of aromatic nitrogens is 1. The van der Waals surface area contributed by atoms with E-state index >= 15 is 0 Å². The Morgan fingerprint density at radius 3 is 1.60 bits per heavy atom. The van der Waals surface area contributed by atoms with Crippen LogP contribution in [0.15, 0.2) is 152 Å². The molecule has 0 radical (unpaired) electrons. The molecule has 0 bridgehead atoms. The number of anilines is 3. The average Bonchev–Trinajstić information content (AvgIpc) is 3.81. The van der Waals surface area contributed by atoms with Crippen molar-refractivity contribution < 1.29 is 0 Å². The largest absolute Gasteiger partial charge is 0.335 e. The fourth-order valence-electron chi connectivity index (χ4n) is 7.91. The fraction of sp³-hybridized carbons (Fsp3) is 0.0870. The molecule has 240 valence electrons. The summed E-state index contributed by atoms with van der Waals surface area (Å²) in [7, 11) is 0. The van der Waals surface area contributed by atoms with E-state index in [1.54, 1.807) is 0 Å². The molecule has 2 nitrogen and oxygen atoms in total. The van der Waals surface area contributed by atoms with Crippen molar-refractivity contribution in [3.63, 3.8) is 0 Å². The van der Waals surface area contributed by atoms with E-state index in [1.807, 2.05) is 22.7 Å². The summed E-state index contributed by atoms with van der Waals surface area (Å²) in [6, 6.07) is 56.3. The number of hydrogen-bond donors (Lipinski definition) is 0. The number of thiophene rings is 2. The molecule has 0 aliphatic carbocycles. The molecule has 10 aromatic rings. The second-order valence-corrected chi connectivity index (χ2v) is 16.3. The van der Waals surface area contributed by atoms with E-state index in [9.17, 15) is 0 Å². The second-order valence-electron chi connectivity index (χ2n) is 14.2. The molecular formula is C46H34N2S2. The molecule has 0 atom stereocenters. The minimum atomic E-state index is -0.0491. The third-order valence-electron chi connectivity index (χ3n) is 10.0. The quantitative estimate of drug-likeness (QED) is 0.180. The zero-order valence-corrected chi connectivity index (χ0v) is 29.8. The van der Waals surface area contributed by atoms with E-state index in [0.717, 1.165) is 17.1 Å². The van der Waals surface area contributed by atoms with Crippen LogP contribution in [0.4, 0.5) is 17.1 Å². The normalized spacial score (nSPS) is 12.3. The van der Waals surface area contributed by atoms with Crippen LogP contribution >= 0.6 is 22.7 Å². The Hall–Kier alpha value is -5.42. The lowest BCUT2D eigenvalue weighted by Crippen LogP contribution is -2.21. The third kappa shape index (κ3) is 4.52. The van der Waals surface area contributed by atoms with Crippen LogP contribution < -0.4 is 4.90 Å². The first kappa shape index (κ1) is 29.5. The summed E-state index contributed by atoms with van der Waals surface area (Å²) in [4.78, 5) is 2.47. The van der Waals surface area contributed by atoms with E-state index in [-0.39, 0.29) is 5.54 Å². The van der Waals surface area contributed by atoms with Crippen LogP contribution in [0, 0.1) is 0 Å². The average molecular weight is 679 g/mol. The standard InChI is InChI=1S/C46H34N2S2/c1-46(2,3)48-40-17-9-5-13-33(40)36-26-29(20-23-41(36)48)32-12-4-8-16-39(32)47(30-21-24-44-37(27-30)34-14-6-10-18-42(34)49-44)31-22-25-45-38(28-31)35-15-7-11-19-43(35)50-45/h4-28H,1-3H3. The lowest BCUT2D eigenvalue weighted by atomic mass is 9.99. The molecule has 0 amide bonds. The van der Waals surface area contributed by atoms with E-state index in [0.29, 0.717) is 0 Å². The van der Waals surface area contributed by atoms with Crippen LogP contribution in [-0.4, -0.2) is 4.57 Å². The van der Waals surface area contributed by atoms with Crippen molar-refractivity contribution in [2.24, 2.45) is 0 Å². The molecular weight excluding hydrogens is 645 g/mol. The molecule has 50 heavy (non-hydrogen) atoms. The molecule has 0 aliphatic heterocycles. The van der Waals surface area contributed by atoms with Gasteiger partial charge in [-0.15, -0.1) is 22.7 Å². The topological polar surface area (TPSA) is 8.17 Å². The molecule has 0 aliphatic rings. The Morgan fingerprint density at radius 2 is 0.960 bits per heavy atom. The molecule has 0 fully saturated rings. The monoisotopic (exact) mass is 678 g/mol. The minimum Gasteiger partial charge on any atom is -0.335 e. The summed E-state index contributed by atoms with van der Waals surface area (Å²) in [5.41, 5.74) is 8.36. The smallest absolute Gasteiger partial charge is 0.0540 e. The molecule has 4 heteroatoms. The number of rotatable bonds is 4. The summed E-state index contributed by atoms with van der Waals surface area (Å²) in [6.45, 7) is 6.88. The highest BCUT2D eigenvalue weighted by Gasteiger charge is 2.23. The molecule has 0 N–H and O–H groups in total. The Bertz CT molecular complexity index is 2820. The Labute approximate surface area is 299 Å². The highest BCUT2D eigenvalue weighted by atomic mass is 32.1. The van der Waals surface area contributed by atoms with E-state index in [4.69, 9.17) is 0 Å². The lowest BCUT2D eigenvalue weighted by Gasteiger charge is -2.28. The lowest BCUT2D eigenvalue weighted by molar-refractivity contribution is 0.423. The Kier molecular flexibility index (Phi) is 6.51. The maximum Gasteiger partial charge on any atom is 0.0540 e. The number of benzene rings is 7. The van der Waals surface area contributed by atoms with Crippen molar-refractivity contribution in [1.82, 2.24) is 4.57 Å². The van der Waals surface area contributed by atoms with Gasteiger partial charge in [-0.2, -0.15) is 0 Å². The molecule has 0 saturated heterocycles. The summed E-state index contributed by atoms with van der Waals surface area (Å²) < 4.78 is 7.74. The zero-order chi connectivity index (χ0) is 33.6. The van der Waals surface area contributed by atoms with Crippen LogP contribution in [-0.2, 0) is 5.54 Å². The van der Waals surface area contributed by atoms with Crippen LogP contribution in [0.1, 0.15) is 20.8 Å². The van der Waals surface area contributed by atoms with Gasteiger partial charge < -0.3 is 9.47 Å². The Balaban J connectivity index is 1.23. The Morgan fingerprint density at radius 1 is 0.440 bits per heavy atom. The summed E-state index contributed by atoms with van der Waals surface area (Å²) in [5.74, 6) is 0. The number of fused-ring (bicyclic) bond motifs is 9. The van der Waals surface area contributed by atoms with E-state index in [2.05, 4.69) is 182 Å². The predicted octanol–water partition coefficient (Wildman–Crippen LogP) is 14.4. The van der Waals surface area contributed by atoms with Gasteiger partial charge in [0.05, 0.1) is 5.69 Å². The molecule has 3 aromatic heterocycles. The maximum absolute atomic E-state index is 2.49. The van der Waals surface area contributed by atoms with Crippen LogP contribution in [0.2, 0.25) is 0 Å². The van der Waals surface area contributed by atoms with Crippen molar-refractivity contribution in [1.29, 1.82) is 0 Å². The summed E-state index contributed by atoms with van der Waals surface area (Å²) in [5, 5.41) is 7.78. The zero-order valence-electron chi connectivity index (χ0n) is 28.1. The van der Waals surface area contributed by atoms with Gasteiger partial charge in [0.1, 0.15) is 0 Å². The molecule has 0 unspecified atom stereocenters. The van der Waals surface area contributed by atoms with Crippen molar-refractivity contribution in [3.8, 4) is 11.1 Å². The van der Waals surface area contributed by atoms with Gasteiger partial charge >= 0.3 is 0 Å². The summed E-state index contributed by atoms with van der Waals surface area (Å²) in [6.07, 6.45) is 0. The SMILES string of the molecule is CC(C)(C)n1c2ccccc2c2cc(-c3ccccc3N(c3ccc4sc5ccccc5c4c3)c3ccc4sc5ccccc5c4c3)ccc21. The second kappa shape index (κ2) is 11.0. The van der Waals surface area contributed by atoms with E-state index < -0.39 is 0 Å². The third-order valence-corrected chi connectivity index (χ3v) is 12.3. The fourth-order valence-corrected chi connectivity index (χ4v) is 10.1. The van der Waals surface area contributed by atoms with Gasteiger partial charge in [0, 0.05) is 84.6 Å². The first-order chi connectivity index (χ1) is 24.4. The van der Waals surface area contributed by atoms with Crippen molar-refractivity contribution in [2.75, 3.05) is 4.90 Å². The number of para-hydroxylation sites is 2. The van der Waals surface area contributed by atoms with Gasteiger partial charge in [-0.1, -0.05) is 78.9 Å². The predicted molar refractivity (Wildman–Crippen MR) is 220 cm³/mol. The first-order valence-electron chi connectivity index (χ1n) is 17.2. The van der Waals surface area contributed by atoms with Gasteiger partial charge in [-0.3, -0.25) is 0 Å².